The summed E-state index contributed by atoms with van der Waals surface area (Å²) in [7, 11) is 0. The summed E-state index contributed by atoms with van der Waals surface area (Å²) in [6, 6.07) is 68.8. The van der Waals surface area contributed by atoms with Gasteiger partial charge in [-0.15, -0.1) is 0 Å². The number of para-hydroxylation sites is 1. The lowest BCUT2D eigenvalue weighted by molar-refractivity contribution is 0.260. The standard InChI is InChI=1S/C51H34N2O2/c1-2-14-36(15-3-1)51-52-46-32-48-45(31-49(46)55-51)44-24-11-25-47(50(44)54-48)53(38-28-26-35(27-29-38)42-22-9-16-33-12-4-6-20-40(33)42)39-19-8-18-37(30-39)43-23-10-17-34-13-5-7-21-41(34)43/h1-32,51-52H. The van der Waals surface area contributed by atoms with Gasteiger partial charge in [0.15, 0.2) is 11.8 Å². The summed E-state index contributed by atoms with van der Waals surface area (Å²) in [5, 5.41) is 10.5. The number of furan rings is 1. The minimum atomic E-state index is -0.245. The molecule has 0 saturated carbocycles. The fraction of sp³-hybridized carbons (Fsp3) is 0.0196. The summed E-state index contributed by atoms with van der Waals surface area (Å²) >= 11 is 0. The number of nitrogens with zero attached hydrogens (tertiary/aromatic N) is 1. The molecule has 0 aliphatic carbocycles. The van der Waals surface area contributed by atoms with Gasteiger partial charge in [0.05, 0.1) is 11.4 Å². The molecule has 0 amide bonds. The second-order valence-corrected chi connectivity index (χ2v) is 14.1. The fourth-order valence-corrected chi connectivity index (χ4v) is 8.26. The highest BCUT2D eigenvalue weighted by Gasteiger charge is 2.26. The molecule has 1 aromatic heterocycles. The van der Waals surface area contributed by atoms with Crippen LogP contribution in [0.15, 0.2) is 199 Å². The number of hydrogen-bond acceptors (Lipinski definition) is 4. The lowest BCUT2D eigenvalue weighted by Gasteiger charge is -2.26. The Balaban J connectivity index is 1.06. The molecule has 1 unspecified atom stereocenters. The Hall–Kier alpha value is -7.30. The zero-order valence-corrected chi connectivity index (χ0v) is 29.8. The van der Waals surface area contributed by atoms with Crippen molar-refractivity contribution in [2.45, 2.75) is 6.23 Å². The second kappa shape index (κ2) is 12.7. The third kappa shape index (κ3) is 5.30. The third-order valence-electron chi connectivity index (χ3n) is 10.9. The Morgan fingerprint density at radius 1 is 0.455 bits per heavy atom. The Morgan fingerprint density at radius 3 is 1.85 bits per heavy atom. The number of ether oxygens (including phenoxy) is 1. The summed E-state index contributed by atoms with van der Waals surface area (Å²) in [6.07, 6.45) is -0.245. The Labute approximate surface area is 318 Å². The Bertz CT molecular complexity index is 3050. The average molecular weight is 707 g/mol. The summed E-state index contributed by atoms with van der Waals surface area (Å²) in [6.45, 7) is 0. The normalized spacial score (nSPS) is 13.6. The van der Waals surface area contributed by atoms with Gasteiger partial charge >= 0.3 is 0 Å². The predicted octanol–water partition coefficient (Wildman–Crippen LogP) is 14.2. The monoisotopic (exact) mass is 706 g/mol. The van der Waals surface area contributed by atoms with Crippen LogP contribution in [0, 0.1) is 0 Å². The van der Waals surface area contributed by atoms with Crippen LogP contribution in [-0.2, 0) is 0 Å². The van der Waals surface area contributed by atoms with Gasteiger partial charge in [0.25, 0.3) is 0 Å². The maximum atomic E-state index is 6.85. The van der Waals surface area contributed by atoms with Gasteiger partial charge in [-0.1, -0.05) is 152 Å². The van der Waals surface area contributed by atoms with E-state index in [4.69, 9.17) is 9.15 Å². The first-order valence-corrected chi connectivity index (χ1v) is 18.7. The molecule has 55 heavy (non-hydrogen) atoms. The van der Waals surface area contributed by atoms with E-state index in [1.54, 1.807) is 0 Å². The van der Waals surface area contributed by atoms with Crippen molar-refractivity contribution < 1.29 is 9.15 Å². The summed E-state index contributed by atoms with van der Waals surface area (Å²) in [5.74, 6) is 0.818. The number of hydrogen-bond donors (Lipinski definition) is 1. The molecule has 4 nitrogen and oxygen atoms in total. The van der Waals surface area contributed by atoms with Gasteiger partial charge in [-0.2, -0.15) is 0 Å². The van der Waals surface area contributed by atoms with Gasteiger partial charge in [0.2, 0.25) is 0 Å². The van der Waals surface area contributed by atoms with Crippen molar-refractivity contribution in [1.82, 2.24) is 0 Å². The van der Waals surface area contributed by atoms with Crippen LogP contribution < -0.4 is 15.0 Å². The summed E-state index contributed by atoms with van der Waals surface area (Å²) in [4.78, 5) is 2.32. The smallest absolute Gasteiger partial charge is 0.196 e. The van der Waals surface area contributed by atoms with Gasteiger partial charge in [0.1, 0.15) is 11.3 Å². The fourth-order valence-electron chi connectivity index (χ4n) is 8.26. The first kappa shape index (κ1) is 31.2. The molecule has 0 fully saturated rings. The molecular formula is C51H34N2O2. The minimum absolute atomic E-state index is 0.245. The van der Waals surface area contributed by atoms with Gasteiger partial charge in [-0.05, 0) is 80.2 Å². The van der Waals surface area contributed by atoms with Crippen molar-refractivity contribution in [1.29, 1.82) is 0 Å². The van der Waals surface area contributed by atoms with Crippen LogP contribution in [0.4, 0.5) is 22.7 Å². The highest BCUT2D eigenvalue weighted by atomic mass is 16.5. The lowest BCUT2D eigenvalue weighted by atomic mass is 9.97. The van der Waals surface area contributed by atoms with E-state index in [2.05, 4.69) is 186 Å². The molecule has 0 bridgehead atoms. The number of benzene rings is 9. The van der Waals surface area contributed by atoms with E-state index >= 15 is 0 Å². The molecule has 9 aromatic carbocycles. The van der Waals surface area contributed by atoms with E-state index in [-0.39, 0.29) is 6.23 Å². The topological polar surface area (TPSA) is 37.6 Å². The first-order chi connectivity index (χ1) is 27.2. The molecule has 260 valence electrons. The summed E-state index contributed by atoms with van der Waals surface area (Å²) in [5.41, 5.74) is 11.4. The van der Waals surface area contributed by atoms with Crippen LogP contribution in [0.1, 0.15) is 11.8 Å². The van der Waals surface area contributed by atoms with Gasteiger partial charge in [-0.3, -0.25) is 0 Å². The molecule has 0 radical (unpaired) electrons. The Kier molecular flexibility index (Phi) is 7.20. The van der Waals surface area contributed by atoms with Gasteiger partial charge in [0, 0.05) is 33.8 Å². The molecule has 0 spiro atoms. The number of rotatable bonds is 6. The Morgan fingerprint density at radius 2 is 1.09 bits per heavy atom. The maximum Gasteiger partial charge on any atom is 0.196 e. The predicted molar refractivity (Wildman–Crippen MR) is 228 cm³/mol. The molecule has 2 heterocycles. The SMILES string of the molecule is c1ccc(C2Nc3cc4oc5c(N(c6ccc(-c7cccc8ccccc78)cc6)c6cccc(-c7cccc8ccccc78)c6)cccc5c4cc3O2)cc1. The van der Waals surface area contributed by atoms with Crippen molar-refractivity contribution in [3.05, 3.63) is 200 Å². The maximum absolute atomic E-state index is 6.85. The van der Waals surface area contributed by atoms with Crippen LogP contribution in [0.3, 0.4) is 0 Å². The largest absolute Gasteiger partial charge is 0.464 e. The highest BCUT2D eigenvalue weighted by Crippen LogP contribution is 2.47. The third-order valence-corrected chi connectivity index (χ3v) is 10.9. The number of nitrogens with one attached hydrogen (secondary N) is 1. The van der Waals surface area contributed by atoms with Crippen LogP contribution in [0.5, 0.6) is 5.75 Å². The number of fused-ring (bicyclic) bond motifs is 6. The second-order valence-electron chi connectivity index (χ2n) is 14.1. The molecule has 10 aromatic rings. The van der Waals surface area contributed by atoms with Crippen molar-refractivity contribution in [3.8, 4) is 28.0 Å². The number of anilines is 4. The molecular weight excluding hydrogens is 673 g/mol. The van der Waals surface area contributed by atoms with Crippen molar-refractivity contribution in [2.24, 2.45) is 0 Å². The van der Waals surface area contributed by atoms with E-state index in [0.717, 1.165) is 61.6 Å². The van der Waals surface area contributed by atoms with Crippen LogP contribution in [0.2, 0.25) is 0 Å². The van der Waals surface area contributed by atoms with Crippen LogP contribution >= 0.6 is 0 Å². The van der Waals surface area contributed by atoms with Crippen LogP contribution in [0.25, 0.3) is 65.7 Å². The first-order valence-electron chi connectivity index (χ1n) is 18.7. The highest BCUT2D eigenvalue weighted by molar-refractivity contribution is 6.12. The van der Waals surface area contributed by atoms with Gasteiger partial charge < -0.3 is 19.4 Å². The van der Waals surface area contributed by atoms with E-state index in [1.807, 2.05) is 18.2 Å². The van der Waals surface area contributed by atoms with E-state index in [1.165, 1.54) is 38.2 Å². The van der Waals surface area contributed by atoms with E-state index in [9.17, 15) is 0 Å². The van der Waals surface area contributed by atoms with E-state index < -0.39 is 0 Å². The summed E-state index contributed by atoms with van der Waals surface area (Å²) < 4.78 is 13.3. The molecule has 0 saturated heterocycles. The quantitative estimate of drug-likeness (QED) is 0.187. The van der Waals surface area contributed by atoms with E-state index in [0.29, 0.717) is 0 Å². The molecule has 1 N–H and O–H groups in total. The van der Waals surface area contributed by atoms with Crippen molar-refractivity contribution >= 4 is 66.2 Å². The zero-order valence-electron chi connectivity index (χ0n) is 29.8. The minimum Gasteiger partial charge on any atom is -0.464 e. The van der Waals surface area contributed by atoms with Crippen molar-refractivity contribution in [3.63, 3.8) is 0 Å². The molecule has 1 aliphatic heterocycles. The zero-order chi connectivity index (χ0) is 36.3. The van der Waals surface area contributed by atoms with Gasteiger partial charge in [-0.25, -0.2) is 0 Å². The van der Waals surface area contributed by atoms with Crippen LogP contribution in [-0.4, -0.2) is 0 Å². The molecule has 11 rings (SSSR count). The molecule has 1 atom stereocenters. The molecule has 1 aliphatic rings. The van der Waals surface area contributed by atoms with Crippen molar-refractivity contribution in [2.75, 3.05) is 10.2 Å². The molecule has 4 heteroatoms. The average Bonchev–Trinajstić information content (AvgIpc) is 3.84. The lowest BCUT2D eigenvalue weighted by Crippen LogP contribution is -2.10.